The lowest BCUT2D eigenvalue weighted by molar-refractivity contribution is -0.138. The van der Waals surface area contributed by atoms with Crippen LogP contribution in [0, 0.1) is 11.8 Å². The van der Waals surface area contributed by atoms with Crippen LogP contribution in [0.4, 0.5) is 19.0 Å². The molecule has 0 amide bonds. The molecule has 2 unspecified atom stereocenters. The zero-order chi connectivity index (χ0) is 24.6. The number of anilines is 1. The zero-order valence-electron chi connectivity index (χ0n) is 18.7. The van der Waals surface area contributed by atoms with Gasteiger partial charge in [-0.25, -0.2) is 8.42 Å². The molecule has 35 heavy (non-hydrogen) atoms. The van der Waals surface area contributed by atoms with Gasteiger partial charge in [0.05, 0.1) is 16.2 Å². The second kappa shape index (κ2) is 9.19. The van der Waals surface area contributed by atoms with Crippen LogP contribution in [-0.4, -0.2) is 47.6 Å². The quantitative estimate of drug-likeness (QED) is 0.543. The highest BCUT2D eigenvalue weighted by molar-refractivity contribution is 7.91. The van der Waals surface area contributed by atoms with E-state index in [-0.39, 0.29) is 28.2 Å². The molecule has 5 rings (SSSR count). The molecule has 0 spiro atoms. The predicted octanol–water partition coefficient (Wildman–Crippen LogP) is 4.05. The first kappa shape index (κ1) is 23.7. The smallest absolute Gasteiger partial charge is 0.366 e. The minimum atomic E-state index is -4.41. The number of halogens is 3. The minimum absolute atomic E-state index is 0.0652. The van der Waals surface area contributed by atoms with Crippen LogP contribution in [0.2, 0.25) is 0 Å². The molecule has 3 heterocycles. The number of sulfone groups is 1. The minimum Gasteiger partial charge on any atom is -0.366 e. The van der Waals surface area contributed by atoms with E-state index in [9.17, 15) is 21.6 Å². The van der Waals surface area contributed by atoms with Crippen molar-refractivity contribution in [1.82, 2.24) is 20.1 Å². The molecule has 1 aliphatic carbocycles. The average Bonchev–Trinajstić information content (AvgIpc) is 3.37. The largest absolute Gasteiger partial charge is 0.418 e. The van der Waals surface area contributed by atoms with E-state index in [1.165, 1.54) is 30.5 Å². The number of hydrogen-bond donors (Lipinski definition) is 1. The molecule has 1 saturated carbocycles. The third-order valence-corrected chi connectivity index (χ3v) is 8.38. The molecule has 2 atom stereocenters. The topological polar surface area (TPSA) is 88.1 Å². The summed E-state index contributed by atoms with van der Waals surface area (Å²) in [5.41, 5.74) is -0.608. The third-order valence-electron chi connectivity index (χ3n) is 6.72. The van der Waals surface area contributed by atoms with Crippen molar-refractivity contribution in [2.24, 2.45) is 11.8 Å². The van der Waals surface area contributed by atoms with Gasteiger partial charge in [0.2, 0.25) is 9.84 Å². The molecule has 1 aliphatic heterocycles. The van der Waals surface area contributed by atoms with Crippen molar-refractivity contribution in [3.8, 4) is 0 Å². The number of nitrogens with one attached hydrogen (secondary N) is 1. The summed E-state index contributed by atoms with van der Waals surface area (Å²) in [5.74, 6) is 1.25. The highest BCUT2D eigenvalue weighted by Gasteiger charge is 2.42. The normalized spacial score (nSPS) is 22.8. The molecule has 7 nitrogen and oxygen atoms in total. The van der Waals surface area contributed by atoms with Crippen LogP contribution in [0.25, 0.3) is 0 Å². The Kier molecular flexibility index (Phi) is 6.22. The van der Waals surface area contributed by atoms with Gasteiger partial charge in [-0.3, -0.25) is 9.88 Å². The monoisotopic (exact) mass is 503 g/mol. The maximum absolute atomic E-state index is 13.3. The molecule has 2 aromatic heterocycles. The van der Waals surface area contributed by atoms with E-state index in [0.29, 0.717) is 17.7 Å². The van der Waals surface area contributed by atoms with E-state index >= 15 is 0 Å². The second-order valence-corrected chi connectivity index (χ2v) is 11.0. The second-order valence-electron chi connectivity index (χ2n) is 9.10. The summed E-state index contributed by atoms with van der Waals surface area (Å²) in [6.45, 7) is 1.62. The van der Waals surface area contributed by atoms with Crippen molar-refractivity contribution in [2.75, 3.05) is 18.4 Å². The van der Waals surface area contributed by atoms with Crippen molar-refractivity contribution >= 4 is 15.7 Å². The number of nitrogens with zero attached hydrogens (tertiary/aromatic N) is 4. The van der Waals surface area contributed by atoms with Crippen molar-refractivity contribution in [2.45, 2.75) is 41.5 Å². The van der Waals surface area contributed by atoms with Crippen LogP contribution in [0.15, 0.2) is 70.7 Å². The first-order valence-corrected chi connectivity index (χ1v) is 12.8. The van der Waals surface area contributed by atoms with E-state index in [2.05, 4.69) is 20.5 Å². The molecule has 2 fully saturated rings. The summed E-state index contributed by atoms with van der Waals surface area (Å²) in [5, 5.41) is 11.2. The molecule has 1 saturated heterocycles. The fourth-order valence-corrected chi connectivity index (χ4v) is 6.30. The van der Waals surface area contributed by atoms with E-state index in [1.807, 2.05) is 4.90 Å². The molecule has 1 aromatic carbocycles. The van der Waals surface area contributed by atoms with Crippen molar-refractivity contribution < 1.29 is 21.6 Å². The Morgan fingerprint density at radius 1 is 0.943 bits per heavy atom. The van der Waals surface area contributed by atoms with Gasteiger partial charge in [0.15, 0.2) is 5.03 Å². The Morgan fingerprint density at radius 2 is 1.66 bits per heavy atom. The number of benzene rings is 1. The summed E-state index contributed by atoms with van der Waals surface area (Å²) in [6.07, 6.45) is -1.29. The van der Waals surface area contributed by atoms with Gasteiger partial charge in [-0.1, -0.05) is 18.2 Å². The average molecular weight is 504 g/mol. The summed E-state index contributed by atoms with van der Waals surface area (Å²) in [4.78, 5) is 6.20. The number of likely N-dealkylation sites (tertiary alicyclic amines) is 1. The number of rotatable bonds is 6. The van der Waals surface area contributed by atoms with Gasteiger partial charge >= 0.3 is 6.18 Å². The number of fused-ring (bicyclic) bond motifs is 1. The molecule has 184 valence electrons. The molecule has 2 aliphatic rings. The highest BCUT2D eigenvalue weighted by Crippen LogP contribution is 2.40. The maximum atomic E-state index is 13.3. The van der Waals surface area contributed by atoms with E-state index < -0.39 is 21.6 Å². The van der Waals surface area contributed by atoms with Gasteiger partial charge in [0.1, 0.15) is 5.82 Å². The summed E-state index contributed by atoms with van der Waals surface area (Å²) < 4.78 is 65.2. The molecular weight excluding hydrogens is 479 g/mol. The number of aromatic nitrogens is 3. The highest BCUT2D eigenvalue weighted by atomic mass is 32.2. The summed E-state index contributed by atoms with van der Waals surface area (Å²) in [6, 6.07) is 13.7. The van der Waals surface area contributed by atoms with Crippen LogP contribution in [0.3, 0.4) is 0 Å². The Labute approximate surface area is 201 Å². The summed E-state index contributed by atoms with van der Waals surface area (Å²) in [7, 11) is -3.72. The first-order valence-electron chi connectivity index (χ1n) is 11.3. The van der Waals surface area contributed by atoms with E-state index in [4.69, 9.17) is 0 Å². The molecule has 0 bridgehead atoms. The SMILES string of the molecule is O=S(=O)(c1ccccc1)c1ccc(NC2CC3CN(Cc4ncccc4C(F)(F)F)CC3C2)nn1. The first-order chi connectivity index (χ1) is 16.7. The lowest BCUT2D eigenvalue weighted by Gasteiger charge is -2.21. The fourth-order valence-electron chi connectivity index (χ4n) is 5.15. The third kappa shape index (κ3) is 5.01. The van der Waals surface area contributed by atoms with Crippen molar-refractivity contribution in [3.05, 3.63) is 72.1 Å². The van der Waals surface area contributed by atoms with Crippen LogP contribution >= 0.6 is 0 Å². The van der Waals surface area contributed by atoms with Gasteiger partial charge in [-0.2, -0.15) is 13.2 Å². The fraction of sp³-hybridized carbons (Fsp3) is 0.375. The van der Waals surface area contributed by atoms with Gasteiger partial charge in [0, 0.05) is 31.9 Å². The van der Waals surface area contributed by atoms with Crippen LogP contribution in [0.5, 0.6) is 0 Å². The van der Waals surface area contributed by atoms with E-state index in [1.54, 1.807) is 24.3 Å². The van der Waals surface area contributed by atoms with Crippen molar-refractivity contribution in [1.29, 1.82) is 0 Å². The van der Waals surface area contributed by atoms with Gasteiger partial charge in [0.25, 0.3) is 0 Å². The summed E-state index contributed by atoms with van der Waals surface area (Å²) >= 11 is 0. The Hall–Kier alpha value is -3.05. The van der Waals surface area contributed by atoms with E-state index in [0.717, 1.165) is 32.0 Å². The lowest BCUT2D eigenvalue weighted by atomic mass is 10.0. The molecule has 1 N–H and O–H groups in total. The molecule has 11 heteroatoms. The Balaban J connectivity index is 1.18. The van der Waals surface area contributed by atoms with Gasteiger partial charge in [-0.05, 0) is 61.1 Å². The number of pyridine rings is 1. The molecular formula is C24H24F3N5O2S. The van der Waals surface area contributed by atoms with Crippen LogP contribution < -0.4 is 5.32 Å². The number of hydrogen-bond acceptors (Lipinski definition) is 7. The maximum Gasteiger partial charge on any atom is 0.418 e. The molecule has 0 radical (unpaired) electrons. The molecule has 3 aromatic rings. The standard InChI is InChI=1S/C24H24F3N5O2S/c25-24(26,27)20-7-4-10-28-21(20)15-32-13-16-11-18(12-17(16)14-32)29-22-8-9-23(31-30-22)35(33,34)19-5-2-1-3-6-19/h1-10,16-18H,11-15H2,(H,29,30). The zero-order valence-corrected chi connectivity index (χ0v) is 19.5. The van der Waals surface area contributed by atoms with Crippen LogP contribution in [-0.2, 0) is 22.6 Å². The number of alkyl halides is 3. The van der Waals surface area contributed by atoms with Crippen molar-refractivity contribution in [3.63, 3.8) is 0 Å². The van der Waals surface area contributed by atoms with Crippen LogP contribution in [0.1, 0.15) is 24.1 Å². The predicted molar refractivity (Wildman–Crippen MR) is 122 cm³/mol. The Bertz CT molecular complexity index is 1270. The Morgan fingerprint density at radius 3 is 2.29 bits per heavy atom. The lowest BCUT2D eigenvalue weighted by Crippen LogP contribution is -2.26. The van der Waals surface area contributed by atoms with Gasteiger partial charge < -0.3 is 5.32 Å². The van der Waals surface area contributed by atoms with Gasteiger partial charge in [-0.15, -0.1) is 10.2 Å².